The van der Waals surface area contributed by atoms with E-state index in [1.807, 2.05) is 4.57 Å². The molecule has 0 bridgehead atoms. The normalized spacial score (nSPS) is 21.4. The van der Waals surface area contributed by atoms with Crippen molar-refractivity contribution in [3.05, 3.63) is 41.1 Å². The first-order chi connectivity index (χ1) is 19.5. The Morgan fingerprint density at radius 3 is 2.38 bits per heavy atom. The summed E-state index contributed by atoms with van der Waals surface area (Å²) in [7, 11) is 0. The Hall–Kier alpha value is -2.50. The summed E-state index contributed by atoms with van der Waals surface area (Å²) in [6.07, 6.45) is 1.63. The minimum absolute atomic E-state index is 0.0727. The minimum atomic E-state index is -4.75. The van der Waals surface area contributed by atoms with Crippen molar-refractivity contribution in [1.29, 1.82) is 0 Å². The fourth-order valence-corrected chi connectivity index (χ4v) is 7.36. The molecule has 1 aliphatic heterocycles. The van der Waals surface area contributed by atoms with E-state index in [9.17, 15) is 32.4 Å². The molecule has 2 atom stereocenters. The number of nitrogens with zero attached hydrogens (tertiary/aromatic N) is 2. The number of carboxylic acids is 1. The molecule has 2 heterocycles. The molecule has 232 valence electrons. The van der Waals surface area contributed by atoms with Crippen LogP contribution in [-0.2, 0) is 28.9 Å². The first-order valence-electron chi connectivity index (χ1n) is 14.6. The molecular formula is C31H42F3N3O4S. The third-order valence-electron chi connectivity index (χ3n) is 8.44. The number of aromatic nitrogens is 1. The SMILES string of the molecule is Cc1c(C(=O)N2CCCC(C)(C(=O)O)C2)cc(-c2ccc([S+]([O-])NC(C)(C)C)c(C(F)(F)F)c2)n1CC1CCCCC1. The van der Waals surface area contributed by atoms with E-state index in [2.05, 4.69) is 4.72 Å². The van der Waals surface area contributed by atoms with Crippen molar-refractivity contribution in [3.63, 3.8) is 0 Å². The predicted octanol–water partition coefficient (Wildman–Crippen LogP) is 6.80. The third kappa shape index (κ3) is 7.17. The molecule has 1 saturated carbocycles. The van der Waals surface area contributed by atoms with E-state index in [1.165, 1.54) is 12.1 Å². The first-order valence-corrected chi connectivity index (χ1v) is 15.8. The Kier molecular flexibility index (Phi) is 9.45. The summed E-state index contributed by atoms with van der Waals surface area (Å²) >= 11 is -2.09. The molecule has 1 aromatic carbocycles. The van der Waals surface area contributed by atoms with Crippen molar-refractivity contribution in [2.75, 3.05) is 13.1 Å². The number of halogens is 3. The molecule has 2 aromatic rings. The van der Waals surface area contributed by atoms with Gasteiger partial charge in [0.05, 0.1) is 27.9 Å². The largest absolute Gasteiger partial charge is 0.593 e. The van der Waals surface area contributed by atoms with Crippen molar-refractivity contribution < 1.29 is 32.4 Å². The highest BCUT2D eigenvalue weighted by Gasteiger charge is 2.41. The number of aliphatic carboxylic acids is 1. The van der Waals surface area contributed by atoms with Gasteiger partial charge >= 0.3 is 12.1 Å². The number of hydrogen-bond acceptors (Lipinski definition) is 4. The summed E-state index contributed by atoms with van der Waals surface area (Å²) < 4.78 is 60.6. The Morgan fingerprint density at radius 2 is 1.79 bits per heavy atom. The maximum absolute atomic E-state index is 14.3. The van der Waals surface area contributed by atoms with Gasteiger partial charge in [-0.25, -0.2) is 0 Å². The Labute approximate surface area is 249 Å². The average Bonchev–Trinajstić information content (AvgIpc) is 3.22. The second-order valence-electron chi connectivity index (χ2n) is 13.2. The van der Waals surface area contributed by atoms with Gasteiger partial charge in [-0.1, -0.05) is 19.3 Å². The molecule has 42 heavy (non-hydrogen) atoms. The lowest BCUT2D eigenvalue weighted by Crippen LogP contribution is -2.48. The molecule has 1 saturated heterocycles. The van der Waals surface area contributed by atoms with Crippen LogP contribution < -0.4 is 4.72 Å². The zero-order valence-electron chi connectivity index (χ0n) is 25.1. The minimum Gasteiger partial charge on any atom is -0.593 e. The van der Waals surface area contributed by atoms with Crippen LogP contribution in [-0.4, -0.2) is 49.6 Å². The molecule has 2 unspecified atom stereocenters. The lowest BCUT2D eigenvalue weighted by atomic mass is 9.82. The van der Waals surface area contributed by atoms with Gasteiger partial charge < -0.3 is 19.1 Å². The summed E-state index contributed by atoms with van der Waals surface area (Å²) in [6, 6.07) is 5.47. The second-order valence-corrected chi connectivity index (χ2v) is 14.4. The van der Waals surface area contributed by atoms with Gasteiger partial charge in [-0.05, 0) is 96.0 Å². The van der Waals surface area contributed by atoms with E-state index < -0.39 is 40.0 Å². The number of nitrogens with one attached hydrogen (secondary N) is 1. The van der Waals surface area contributed by atoms with Gasteiger partial charge in [-0.2, -0.15) is 13.2 Å². The van der Waals surface area contributed by atoms with E-state index >= 15 is 0 Å². The highest BCUT2D eigenvalue weighted by molar-refractivity contribution is 7.89. The Bertz CT molecular complexity index is 1310. The van der Waals surface area contributed by atoms with Gasteiger partial charge in [-0.3, -0.25) is 9.59 Å². The van der Waals surface area contributed by atoms with E-state index in [0.29, 0.717) is 48.8 Å². The molecule has 11 heteroatoms. The van der Waals surface area contributed by atoms with E-state index in [4.69, 9.17) is 0 Å². The summed E-state index contributed by atoms with van der Waals surface area (Å²) in [4.78, 5) is 26.9. The number of carbonyl (C=O) groups is 2. The van der Waals surface area contributed by atoms with Crippen molar-refractivity contribution in [1.82, 2.24) is 14.2 Å². The number of likely N-dealkylation sites (tertiary alicyclic amines) is 1. The number of carboxylic acid groups (broad SMARTS) is 1. The number of alkyl halides is 3. The van der Waals surface area contributed by atoms with Gasteiger partial charge in [0.15, 0.2) is 4.90 Å². The number of benzene rings is 1. The number of rotatable bonds is 7. The molecule has 1 amide bonds. The van der Waals surface area contributed by atoms with Crippen molar-refractivity contribution in [2.24, 2.45) is 11.3 Å². The van der Waals surface area contributed by atoms with Crippen molar-refractivity contribution >= 4 is 23.2 Å². The zero-order valence-corrected chi connectivity index (χ0v) is 25.9. The quantitative estimate of drug-likeness (QED) is 0.337. The molecular weight excluding hydrogens is 567 g/mol. The van der Waals surface area contributed by atoms with Crippen LogP contribution in [0.5, 0.6) is 0 Å². The fraction of sp³-hybridized carbons (Fsp3) is 0.613. The second kappa shape index (κ2) is 12.2. The van der Waals surface area contributed by atoms with Gasteiger partial charge in [0.2, 0.25) is 0 Å². The maximum atomic E-state index is 14.3. The summed E-state index contributed by atoms with van der Waals surface area (Å²) in [5.74, 6) is -0.932. The monoisotopic (exact) mass is 609 g/mol. The molecule has 2 aliphatic rings. The molecule has 0 radical (unpaired) electrons. The molecule has 2 fully saturated rings. The van der Waals surface area contributed by atoms with Crippen LogP contribution in [0.25, 0.3) is 11.3 Å². The lowest BCUT2D eigenvalue weighted by molar-refractivity contribution is -0.150. The van der Waals surface area contributed by atoms with Crippen LogP contribution in [0.4, 0.5) is 13.2 Å². The van der Waals surface area contributed by atoms with Crippen LogP contribution in [0.3, 0.4) is 0 Å². The van der Waals surface area contributed by atoms with Gasteiger partial charge in [0.1, 0.15) is 5.56 Å². The molecule has 4 rings (SSSR count). The van der Waals surface area contributed by atoms with Crippen LogP contribution in [0.15, 0.2) is 29.2 Å². The fourth-order valence-electron chi connectivity index (χ4n) is 6.13. The third-order valence-corrected chi connectivity index (χ3v) is 9.99. The van der Waals surface area contributed by atoms with Gasteiger partial charge in [-0.15, -0.1) is 4.72 Å². The van der Waals surface area contributed by atoms with Gasteiger partial charge in [0.25, 0.3) is 5.91 Å². The molecule has 7 nitrogen and oxygen atoms in total. The molecule has 1 aliphatic carbocycles. The number of hydrogen-bond donors (Lipinski definition) is 2. The molecule has 1 aromatic heterocycles. The number of amides is 1. The van der Waals surface area contributed by atoms with E-state index in [0.717, 1.165) is 38.2 Å². The van der Waals surface area contributed by atoms with Gasteiger partial charge in [0, 0.05) is 31.0 Å². The van der Waals surface area contributed by atoms with Crippen molar-refractivity contribution in [2.45, 2.75) is 103 Å². The smallest absolute Gasteiger partial charge is 0.421 e. The summed E-state index contributed by atoms with van der Waals surface area (Å²) in [5, 5.41) is 9.76. The lowest BCUT2D eigenvalue weighted by Gasteiger charge is -2.37. The van der Waals surface area contributed by atoms with Crippen LogP contribution in [0.1, 0.15) is 94.3 Å². The van der Waals surface area contributed by atoms with Crippen LogP contribution in [0, 0.1) is 18.3 Å². The van der Waals surface area contributed by atoms with E-state index in [-0.39, 0.29) is 22.9 Å². The topological polar surface area (TPSA) is 97.6 Å². The predicted molar refractivity (Wildman–Crippen MR) is 156 cm³/mol. The number of piperidine rings is 1. The highest BCUT2D eigenvalue weighted by atomic mass is 32.2. The average molecular weight is 610 g/mol. The summed E-state index contributed by atoms with van der Waals surface area (Å²) in [5.41, 5.74) is -0.914. The standard InChI is InChI=1S/C31H42F3N3O4S/c1-20-23(27(38)36-15-9-14-30(5,19-36)28(39)40)17-25(37(20)18-21-10-7-6-8-11-21)22-12-13-26(24(16-22)31(32,33)34)42(41)35-29(2,3)4/h12-13,16-17,21,35H,6-11,14-15,18-19H2,1-5H3,(H,39,40). The molecule has 0 spiro atoms. The van der Waals surface area contributed by atoms with Crippen molar-refractivity contribution in [3.8, 4) is 11.3 Å². The number of carbonyl (C=O) groups excluding carboxylic acids is 1. The van der Waals surface area contributed by atoms with Crippen LogP contribution in [0.2, 0.25) is 0 Å². The molecule has 2 N–H and O–H groups in total. The first kappa shape index (κ1) is 32.4. The Balaban J connectivity index is 1.79. The highest BCUT2D eigenvalue weighted by Crippen LogP contribution is 2.39. The van der Waals surface area contributed by atoms with E-state index in [1.54, 1.807) is 45.6 Å². The summed E-state index contributed by atoms with van der Waals surface area (Å²) in [6.45, 7) is 9.70. The Morgan fingerprint density at radius 1 is 1.12 bits per heavy atom. The zero-order chi connectivity index (χ0) is 31.0. The maximum Gasteiger partial charge on any atom is 0.421 e. The van der Waals surface area contributed by atoms with Crippen LogP contribution >= 0.6 is 0 Å².